The SMILES string of the molecule is CC1CC(Nc2cccc(CO)c2)CC(C)(C)C1. The number of aliphatic hydroxyl groups excluding tert-OH is 1. The third kappa shape index (κ3) is 3.49. The van der Waals surface area contributed by atoms with Crippen LogP contribution < -0.4 is 5.32 Å². The summed E-state index contributed by atoms with van der Waals surface area (Å²) in [6.07, 6.45) is 3.79. The molecule has 2 nitrogen and oxygen atoms in total. The molecule has 0 amide bonds. The minimum atomic E-state index is 0.113. The van der Waals surface area contributed by atoms with Crippen LogP contribution in [-0.4, -0.2) is 11.1 Å². The summed E-state index contributed by atoms with van der Waals surface area (Å²) in [7, 11) is 0. The summed E-state index contributed by atoms with van der Waals surface area (Å²) in [5.41, 5.74) is 2.55. The molecule has 1 aliphatic carbocycles. The Labute approximate surface area is 110 Å². The van der Waals surface area contributed by atoms with Gasteiger partial charge < -0.3 is 10.4 Å². The zero-order chi connectivity index (χ0) is 13.2. The number of nitrogens with one attached hydrogen (secondary N) is 1. The standard InChI is InChI=1S/C16H25NO/c1-12-7-15(10-16(2,3)9-12)17-14-6-4-5-13(8-14)11-18/h4-6,8,12,15,17-18H,7,9-11H2,1-3H3. The average Bonchev–Trinajstić information content (AvgIpc) is 2.26. The van der Waals surface area contributed by atoms with Crippen molar-refractivity contribution in [3.05, 3.63) is 29.8 Å². The van der Waals surface area contributed by atoms with E-state index in [2.05, 4.69) is 32.2 Å². The van der Waals surface area contributed by atoms with E-state index < -0.39 is 0 Å². The Balaban J connectivity index is 2.04. The number of hydrogen-bond acceptors (Lipinski definition) is 2. The molecule has 100 valence electrons. The Kier molecular flexibility index (Phi) is 3.96. The first-order valence-corrected chi connectivity index (χ1v) is 6.95. The first-order valence-electron chi connectivity index (χ1n) is 6.95. The van der Waals surface area contributed by atoms with Crippen molar-refractivity contribution in [3.8, 4) is 0 Å². The van der Waals surface area contributed by atoms with Gasteiger partial charge in [0.2, 0.25) is 0 Å². The molecule has 2 heteroatoms. The van der Waals surface area contributed by atoms with Crippen LogP contribution in [0.4, 0.5) is 5.69 Å². The van der Waals surface area contributed by atoms with Gasteiger partial charge in [-0.3, -0.25) is 0 Å². The van der Waals surface area contributed by atoms with Gasteiger partial charge in [0.25, 0.3) is 0 Å². The minimum Gasteiger partial charge on any atom is -0.392 e. The third-order valence-electron chi connectivity index (χ3n) is 3.87. The predicted molar refractivity (Wildman–Crippen MR) is 76.6 cm³/mol. The highest BCUT2D eigenvalue weighted by Gasteiger charge is 2.31. The van der Waals surface area contributed by atoms with E-state index in [-0.39, 0.29) is 6.61 Å². The Morgan fingerprint density at radius 3 is 2.78 bits per heavy atom. The first kappa shape index (κ1) is 13.4. The maximum absolute atomic E-state index is 9.17. The lowest BCUT2D eigenvalue weighted by Gasteiger charge is -2.39. The minimum absolute atomic E-state index is 0.113. The summed E-state index contributed by atoms with van der Waals surface area (Å²) < 4.78 is 0. The summed E-state index contributed by atoms with van der Waals surface area (Å²) in [6.45, 7) is 7.19. The van der Waals surface area contributed by atoms with Gasteiger partial charge in [0, 0.05) is 11.7 Å². The molecule has 0 bridgehead atoms. The summed E-state index contributed by atoms with van der Waals surface area (Å²) in [5.74, 6) is 0.785. The summed E-state index contributed by atoms with van der Waals surface area (Å²) >= 11 is 0. The molecule has 0 radical (unpaired) electrons. The fourth-order valence-corrected chi connectivity index (χ4v) is 3.45. The summed E-state index contributed by atoms with van der Waals surface area (Å²) in [5, 5.41) is 12.8. The molecule has 0 spiro atoms. The van der Waals surface area contributed by atoms with Crippen molar-refractivity contribution in [1.29, 1.82) is 0 Å². The van der Waals surface area contributed by atoms with Crippen molar-refractivity contribution in [2.24, 2.45) is 11.3 Å². The highest BCUT2D eigenvalue weighted by atomic mass is 16.3. The highest BCUT2D eigenvalue weighted by Crippen LogP contribution is 2.39. The summed E-state index contributed by atoms with van der Waals surface area (Å²) in [6, 6.07) is 8.65. The van der Waals surface area contributed by atoms with Crippen LogP contribution in [0.25, 0.3) is 0 Å². The maximum Gasteiger partial charge on any atom is 0.0682 e. The van der Waals surface area contributed by atoms with E-state index in [1.165, 1.54) is 19.3 Å². The lowest BCUT2D eigenvalue weighted by molar-refractivity contribution is 0.178. The Bertz CT molecular complexity index is 400. The molecule has 2 atom stereocenters. The molecule has 0 aromatic heterocycles. The van der Waals surface area contributed by atoms with Gasteiger partial charge >= 0.3 is 0 Å². The van der Waals surface area contributed by atoms with Gasteiger partial charge in [-0.2, -0.15) is 0 Å². The molecule has 2 N–H and O–H groups in total. The summed E-state index contributed by atoms with van der Waals surface area (Å²) in [4.78, 5) is 0. The van der Waals surface area contributed by atoms with Crippen molar-refractivity contribution in [1.82, 2.24) is 0 Å². The average molecular weight is 247 g/mol. The Morgan fingerprint density at radius 2 is 2.11 bits per heavy atom. The number of hydrogen-bond donors (Lipinski definition) is 2. The second-order valence-corrected chi connectivity index (χ2v) is 6.61. The molecule has 1 aliphatic rings. The normalized spacial score (nSPS) is 26.9. The molecule has 0 heterocycles. The van der Waals surface area contributed by atoms with E-state index in [0.717, 1.165) is 17.2 Å². The van der Waals surface area contributed by atoms with Crippen molar-refractivity contribution < 1.29 is 5.11 Å². The Hall–Kier alpha value is -1.02. The fraction of sp³-hybridized carbons (Fsp3) is 0.625. The zero-order valence-electron chi connectivity index (χ0n) is 11.7. The van der Waals surface area contributed by atoms with E-state index in [1.807, 2.05) is 18.2 Å². The van der Waals surface area contributed by atoms with Gasteiger partial charge in [-0.25, -0.2) is 0 Å². The molecule has 2 unspecified atom stereocenters. The zero-order valence-corrected chi connectivity index (χ0v) is 11.7. The van der Waals surface area contributed by atoms with Crippen LogP contribution in [0.1, 0.15) is 45.6 Å². The van der Waals surface area contributed by atoms with Gasteiger partial charge in [-0.05, 0) is 48.3 Å². The molecular formula is C16H25NO. The van der Waals surface area contributed by atoms with Gasteiger partial charge in [-0.1, -0.05) is 32.9 Å². The molecule has 2 rings (SSSR count). The van der Waals surface area contributed by atoms with Crippen LogP contribution in [0.5, 0.6) is 0 Å². The van der Waals surface area contributed by atoms with Gasteiger partial charge in [-0.15, -0.1) is 0 Å². The molecule has 0 saturated heterocycles. The van der Waals surface area contributed by atoms with Crippen LogP contribution >= 0.6 is 0 Å². The number of anilines is 1. The van der Waals surface area contributed by atoms with Crippen molar-refractivity contribution in [2.75, 3.05) is 5.32 Å². The molecule has 1 aromatic rings. The molecule has 1 fully saturated rings. The molecule has 1 saturated carbocycles. The van der Waals surface area contributed by atoms with E-state index in [9.17, 15) is 0 Å². The van der Waals surface area contributed by atoms with Crippen molar-refractivity contribution in [2.45, 2.75) is 52.7 Å². The first-order chi connectivity index (χ1) is 8.48. The molecule has 18 heavy (non-hydrogen) atoms. The quantitative estimate of drug-likeness (QED) is 0.851. The highest BCUT2D eigenvalue weighted by molar-refractivity contribution is 5.46. The molecule has 0 aliphatic heterocycles. The molecule has 1 aromatic carbocycles. The van der Waals surface area contributed by atoms with E-state index in [0.29, 0.717) is 11.5 Å². The second kappa shape index (κ2) is 5.31. The van der Waals surface area contributed by atoms with Gasteiger partial charge in [0.05, 0.1) is 6.61 Å². The van der Waals surface area contributed by atoms with Crippen molar-refractivity contribution in [3.63, 3.8) is 0 Å². The van der Waals surface area contributed by atoms with E-state index >= 15 is 0 Å². The lowest BCUT2D eigenvalue weighted by atomic mass is 9.70. The lowest BCUT2D eigenvalue weighted by Crippen LogP contribution is -2.35. The van der Waals surface area contributed by atoms with Crippen LogP contribution in [0.15, 0.2) is 24.3 Å². The Morgan fingerprint density at radius 1 is 1.33 bits per heavy atom. The monoisotopic (exact) mass is 247 g/mol. The van der Waals surface area contributed by atoms with E-state index in [4.69, 9.17) is 5.11 Å². The second-order valence-electron chi connectivity index (χ2n) is 6.61. The van der Waals surface area contributed by atoms with Crippen LogP contribution in [0, 0.1) is 11.3 Å². The smallest absolute Gasteiger partial charge is 0.0682 e. The predicted octanol–water partition coefficient (Wildman–Crippen LogP) is 3.81. The van der Waals surface area contributed by atoms with Crippen LogP contribution in [0.2, 0.25) is 0 Å². The topological polar surface area (TPSA) is 32.3 Å². The van der Waals surface area contributed by atoms with Crippen molar-refractivity contribution >= 4 is 5.69 Å². The van der Waals surface area contributed by atoms with Gasteiger partial charge in [0.1, 0.15) is 0 Å². The van der Waals surface area contributed by atoms with E-state index in [1.54, 1.807) is 0 Å². The molecular weight excluding hydrogens is 222 g/mol. The largest absolute Gasteiger partial charge is 0.392 e. The number of benzene rings is 1. The van der Waals surface area contributed by atoms with Crippen LogP contribution in [0.3, 0.4) is 0 Å². The maximum atomic E-state index is 9.17. The number of aliphatic hydroxyl groups is 1. The van der Waals surface area contributed by atoms with Crippen LogP contribution in [-0.2, 0) is 6.61 Å². The number of rotatable bonds is 3. The third-order valence-corrected chi connectivity index (χ3v) is 3.87. The van der Waals surface area contributed by atoms with Gasteiger partial charge in [0.15, 0.2) is 0 Å². The fourth-order valence-electron chi connectivity index (χ4n) is 3.45.